The molecule has 0 aliphatic carbocycles. The molecule has 0 radical (unpaired) electrons. The molecule has 8 nitrogen and oxygen atoms in total. The molecule has 8 heteroatoms. The van der Waals surface area contributed by atoms with Crippen molar-refractivity contribution >= 4 is 17.5 Å². The highest BCUT2D eigenvalue weighted by Crippen LogP contribution is 2.15. The highest BCUT2D eigenvalue weighted by atomic mass is 16.2. The van der Waals surface area contributed by atoms with E-state index in [9.17, 15) is 9.59 Å². The second-order valence-electron chi connectivity index (χ2n) is 6.64. The van der Waals surface area contributed by atoms with Gasteiger partial charge in [-0.2, -0.15) is 5.10 Å². The zero-order valence-electron chi connectivity index (χ0n) is 14.7. The predicted molar refractivity (Wildman–Crippen MR) is 93.2 cm³/mol. The quantitative estimate of drug-likeness (QED) is 0.810. The first-order chi connectivity index (χ1) is 11.9. The van der Waals surface area contributed by atoms with Crippen molar-refractivity contribution in [2.24, 2.45) is 11.7 Å². The molecule has 0 saturated carbocycles. The number of aryl methyl sites for hydroxylation is 2. The number of nitrogens with two attached hydrogens (primary N) is 1. The Kier molecular flexibility index (Phi) is 4.98. The Balaban J connectivity index is 1.57. The summed E-state index contributed by atoms with van der Waals surface area (Å²) >= 11 is 0. The summed E-state index contributed by atoms with van der Waals surface area (Å²) in [5, 5.41) is 7.24. The minimum atomic E-state index is -0.238. The number of aromatic nitrogens is 3. The van der Waals surface area contributed by atoms with Crippen molar-refractivity contribution in [3.8, 4) is 0 Å². The number of likely N-dealkylation sites (tertiary alicyclic amines) is 1. The van der Waals surface area contributed by atoms with E-state index in [-0.39, 0.29) is 17.7 Å². The first-order valence-corrected chi connectivity index (χ1v) is 8.58. The van der Waals surface area contributed by atoms with E-state index in [4.69, 9.17) is 5.73 Å². The van der Waals surface area contributed by atoms with Gasteiger partial charge >= 0.3 is 0 Å². The molecule has 3 N–H and O–H groups in total. The minimum Gasteiger partial charge on any atom is -0.369 e. The Morgan fingerprint density at radius 3 is 2.92 bits per heavy atom. The van der Waals surface area contributed by atoms with Crippen LogP contribution in [0.5, 0.6) is 0 Å². The van der Waals surface area contributed by atoms with Gasteiger partial charge in [0.2, 0.25) is 5.91 Å². The van der Waals surface area contributed by atoms with E-state index in [2.05, 4.69) is 20.3 Å². The highest BCUT2D eigenvalue weighted by molar-refractivity contribution is 5.92. The summed E-state index contributed by atoms with van der Waals surface area (Å²) in [5.74, 6) is -0.521. The summed E-state index contributed by atoms with van der Waals surface area (Å²) in [5.41, 5.74) is 8.18. The highest BCUT2D eigenvalue weighted by Gasteiger charge is 2.23. The lowest BCUT2D eigenvalue weighted by Gasteiger charge is -2.31. The summed E-state index contributed by atoms with van der Waals surface area (Å²) in [6, 6.07) is 3.58. The summed E-state index contributed by atoms with van der Waals surface area (Å²) < 4.78 is 1.73. The van der Waals surface area contributed by atoms with Crippen molar-refractivity contribution in [3.63, 3.8) is 0 Å². The number of nitrogens with one attached hydrogen (secondary N) is 1. The van der Waals surface area contributed by atoms with E-state index in [0.717, 1.165) is 30.8 Å². The van der Waals surface area contributed by atoms with E-state index in [1.165, 1.54) is 0 Å². The number of hydrogen-bond acceptors (Lipinski definition) is 5. The van der Waals surface area contributed by atoms with Crippen LogP contribution in [0.25, 0.3) is 5.65 Å². The maximum atomic E-state index is 12.4. The SMILES string of the molecule is Cc1cc2nc(C(=O)NCCN3CCCC(C(N)=O)C3)cc(C)n2n1. The van der Waals surface area contributed by atoms with Crippen molar-refractivity contribution in [2.75, 3.05) is 26.2 Å². The molecule has 2 aromatic rings. The second-order valence-corrected chi connectivity index (χ2v) is 6.64. The van der Waals surface area contributed by atoms with E-state index >= 15 is 0 Å². The molecule has 0 spiro atoms. The fourth-order valence-corrected chi connectivity index (χ4v) is 3.26. The molecule has 1 atom stereocenters. The Morgan fingerprint density at radius 1 is 1.36 bits per heavy atom. The van der Waals surface area contributed by atoms with Gasteiger partial charge in [0.1, 0.15) is 5.69 Å². The van der Waals surface area contributed by atoms with Gasteiger partial charge in [0.05, 0.1) is 11.6 Å². The Hall–Kier alpha value is -2.48. The van der Waals surface area contributed by atoms with Crippen LogP contribution in [-0.2, 0) is 4.79 Å². The van der Waals surface area contributed by atoms with Gasteiger partial charge in [0.25, 0.3) is 5.91 Å². The third-order valence-electron chi connectivity index (χ3n) is 4.58. The van der Waals surface area contributed by atoms with Crippen molar-refractivity contribution in [3.05, 3.63) is 29.2 Å². The molecule has 1 aliphatic heterocycles. The molecule has 1 fully saturated rings. The third kappa shape index (κ3) is 3.96. The van der Waals surface area contributed by atoms with Gasteiger partial charge in [-0.05, 0) is 39.3 Å². The van der Waals surface area contributed by atoms with Crippen molar-refractivity contribution in [1.29, 1.82) is 0 Å². The molecule has 134 valence electrons. The smallest absolute Gasteiger partial charge is 0.270 e. The van der Waals surface area contributed by atoms with E-state index in [0.29, 0.717) is 31.0 Å². The molecule has 0 bridgehead atoms. The van der Waals surface area contributed by atoms with Crippen molar-refractivity contribution < 1.29 is 9.59 Å². The van der Waals surface area contributed by atoms with Gasteiger partial charge in [0, 0.05) is 31.4 Å². The largest absolute Gasteiger partial charge is 0.369 e. The van der Waals surface area contributed by atoms with Crippen LogP contribution in [-0.4, -0.2) is 57.5 Å². The lowest BCUT2D eigenvalue weighted by atomic mass is 9.97. The van der Waals surface area contributed by atoms with E-state index in [1.54, 1.807) is 10.6 Å². The zero-order chi connectivity index (χ0) is 18.0. The van der Waals surface area contributed by atoms with Crippen LogP contribution in [0.3, 0.4) is 0 Å². The lowest BCUT2D eigenvalue weighted by Crippen LogP contribution is -2.44. The fourth-order valence-electron chi connectivity index (χ4n) is 3.26. The minimum absolute atomic E-state index is 0.0821. The maximum absolute atomic E-state index is 12.4. The number of carbonyl (C=O) groups is 2. The molecule has 3 heterocycles. The van der Waals surface area contributed by atoms with Gasteiger partial charge in [-0.1, -0.05) is 0 Å². The number of hydrogen-bond donors (Lipinski definition) is 2. The molecule has 2 aromatic heterocycles. The summed E-state index contributed by atoms with van der Waals surface area (Å²) in [4.78, 5) is 30.2. The van der Waals surface area contributed by atoms with Crippen LogP contribution in [0.2, 0.25) is 0 Å². The van der Waals surface area contributed by atoms with Crippen LogP contribution < -0.4 is 11.1 Å². The zero-order valence-corrected chi connectivity index (χ0v) is 14.7. The lowest BCUT2D eigenvalue weighted by molar-refractivity contribution is -0.123. The van der Waals surface area contributed by atoms with Crippen molar-refractivity contribution in [1.82, 2.24) is 24.8 Å². The summed E-state index contributed by atoms with van der Waals surface area (Å²) in [6.45, 7) is 6.60. The van der Waals surface area contributed by atoms with Gasteiger partial charge < -0.3 is 16.0 Å². The van der Waals surface area contributed by atoms with E-state index in [1.807, 2.05) is 19.9 Å². The average molecular weight is 344 g/mol. The number of rotatable bonds is 5. The molecule has 3 rings (SSSR count). The van der Waals surface area contributed by atoms with Crippen LogP contribution in [0.15, 0.2) is 12.1 Å². The normalized spacial score (nSPS) is 18.4. The number of nitrogens with zero attached hydrogens (tertiary/aromatic N) is 4. The predicted octanol–water partition coefficient (Wildman–Crippen LogP) is 0.273. The number of primary amides is 1. The molecule has 1 aliphatic rings. The number of amides is 2. The van der Waals surface area contributed by atoms with Crippen LogP contribution >= 0.6 is 0 Å². The van der Waals surface area contributed by atoms with Gasteiger partial charge in [-0.25, -0.2) is 9.50 Å². The monoisotopic (exact) mass is 344 g/mol. The number of fused-ring (bicyclic) bond motifs is 1. The van der Waals surface area contributed by atoms with Crippen LogP contribution in [0, 0.1) is 19.8 Å². The third-order valence-corrected chi connectivity index (χ3v) is 4.58. The Labute approximate surface area is 146 Å². The Bertz CT molecular complexity index is 800. The summed E-state index contributed by atoms with van der Waals surface area (Å²) in [6.07, 6.45) is 1.81. The van der Waals surface area contributed by atoms with E-state index < -0.39 is 0 Å². The van der Waals surface area contributed by atoms with Gasteiger partial charge in [-0.3, -0.25) is 9.59 Å². The number of carbonyl (C=O) groups excluding carboxylic acids is 2. The fraction of sp³-hybridized carbons (Fsp3) is 0.529. The molecule has 2 amide bonds. The molecule has 1 saturated heterocycles. The standard InChI is InChI=1S/C17H24N6O2/c1-11-8-15-20-14(9-12(2)23(15)21-11)17(25)19-5-7-22-6-3-4-13(10-22)16(18)24/h8-9,13H,3-7,10H2,1-2H3,(H2,18,24)(H,19,25). The number of piperidine rings is 1. The van der Waals surface area contributed by atoms with Crippen LogP contribution in [0.4, 0.5) is 0 Å². The second kappa shape index (κ2) is 7.18. The van der Waals surface area contributed by atoms with Gasteiger partial charge in [0.15, 0.2) is 5.65 Å². The molecule has 25 heavy (non-hydrogen) atoms. The van der Waals surface area contributed by atoms with Crippen molar-refractivity contribution in [2.45, 2.75) is 26.7 Å². The topological polar surface area (TPSA) is 106 Å². The summed E-state index contributed by atoms with van der Waals surface area (Å²) in [7, 11) is 0. The first-order valence-electron chi connectivity index (χ1n) is 8.58. The van der Waals surface area contributed by atoms with Gasteiger partial charge in [-0.15, -0.1) is 0 Å². The maximum Gasteiger partial charge on any atom is 0.270 e. The molecule has 1 unspecified atom stereocenters. The molecule has 0 aromatic carbocycles. The Morgan fingerprint density at radius 2 is 2.16 bits per heavy atom. The molecular weight excluding hydrogens is 320 g/mol. The van der Waals surface area contributed by atoms with Crippen LogP contribution in [0.1, 0.15) is 34.7 Å². The molecular formula is C17H24N6O2. The average Bonchev–Trinajstić information content (AvgIpc) is 2.96. The first kappa shape index (κ1) is 17.3.